The van der Waals surface area contributed by atoms with Crippen molar-refractivity contribution in [2.75, 3.05) is 0 Å². The Morgan fingerprint density at radius 1 is 1.07 bits per heavy atom. The van der Waals surface area contributed by atoms with Crippen molar-refractivity contribution in [1.82, 2.24) is 9.97 Å². The fourth-order valence-corrected chi connectivity index (χ4v) is 0.997. The van der Waals surface area contributed by atoms with Gasteiger partial charge >= 0.3 is 0 Å². The molecule has 0 aliphatic heterocycles. The van der Waals surface area contributed by atoms with Crippen LogP contribution in [0.3, 0.4) is 0 Å². The molecule has 0 amide bonds. The Morgan fingerprint density at radius 2 is 1.50 bits per heavy atom. The van der Waals surface area contributed by atoms with Crippen molar-refractivity contribution in [2.24, 2.45) is 0 Å². The lowest BCUT2D eigenvalue weighted by atomic mass is 10.2. The maximum atomic E-state index is 11.3. The zero-order chi connectivity index (χ0) is 10.6. The van der Waals surface area contributed by atoms with Crippen LogP contribution in [-0.4, -0.2) is 21.5 Å². The van der Waals surface area contributed by atoms with Crippen molar-refractivity contribution in [1.29, 1.82) is 0 Å². The Hall–Kier alpha value is -1.58. The van der Waals surface area contributed by atoms with Gasteiger partial charge in [-0.2, -0.15) is 0 Å². The van der Waals surface area contributed by atoms with Crippen LogP contribution in [-0.2, 0) is 0 Å². The smallest absolute Gasteiger partial charge is 0.182 e. The summed E-state index contributed by atoms with van der Waals surface area (Å²) >= 11 is 0. The van der Waals surface area contributed by atoms with E-state index in [1.807, 2.05) is 0 Å². The molecular weight excluding hydrogens is 180 g/mol. The first kappa shape index (κ1) is 10.5. The lowest BCUT2D eigenvalue weighted by Gasteiger charge is -1.99. The average Bonchev–Trinajstić information content (AvgIpc) is 2.27. The topological polar surface area (TPSA) is 59.9 Å². The molecule has 0 aliphatic carbocycles. The minimum atomic E-state index is -0.0942. The molecule has 1 rings (SSSR count). The number of hydrogen-bond acceptors (Lipinski definition) is 4. The zero-order valence-electron chi connectivity index (χ0n) is 8.28. The van der Waals surface area contributed by atoms with E-state index in [4.69, 9.17) is 0 Å². The Balaban J connectivity index is 3.01. The van der Waals surface area contributed by atoms with E-state index in [0.717, 1.165) is 0 Å². The summed E-state index contributed by atoms with van der Waals surface area (Å²) in [6, 6.07) is 0. The predicted molar refractivity (Wildman–Crippen MR) is 51.3 cm³/mol. The SMILES string of the molecule is CCC(=O)c1cncc(C(=O)CC)n1. The number of ketones is 2. The van der Waals surface area contributed by atoms with Gasteiger partial charge in [0.25, 0.3) is 0 Å². The Kier molecular flexibility index (Phi) is 3.45. The monoisotopic (exact) mass is 192 g/mol. The van der Waals surface area contributed by atoms with E-state index in [-0.39, 0.29) is 23.0 Å². The summed E-state index contributed by atoms with van der Waals surface area (Å²) in [5.74, 6) is -0.188. The van der Waals surface area contributed by atoms with Crippen LogP contribution in [0, 0.1) is 0 Å². The van der Waals surface area contributed by atoms with Gasteiger partial charge in [0.2, 0.25) is 0 Å². The van der Waals surface area contributed by atoms with Crippen LogP contribution in [0.5, 0.6) is 0 Å². The number of hydrogen-bond donors (Lipinski definition) is 0. The summed E-state index contributed by atoms with van der Waals surface area (Å²) in [6.07, 6.45) is 3.52. The molecule has 4 nitrogen and oxygen atoms in total. The highest BCUT2D eigenvalue weighted by Gasteiger charge is 2.09. The Morgan fingerprint density at radius 3 is 1.86 bits per heavy atom. The fourth-order valence-electron chi connectivity index (χ4n) is 0.997. The van der Waals surface area contributed by atoms with Crippen molar-refractivity contribution in [3.8, 4) is 0 Å². The highest BCUT2D eigenvalue weighted by molar-refractivity contribution is 5.97. The van der Waals surface area contributed by atoms with Crippen molar-refractivity contribution < 1.29 is 9.59 Å². The third kappa shape index (κ3) is 2.22. The van der Waals surface area contributed by atoms with E-state index in [9.17, 15) is 9.59 Å². The van der Waals surface area contributed by atoms with Gasteiger partial charge in [0, 0.05) is 12.8 Å². The van der Waals surface area contributed by atoms with Gasteiger partial charge in [-0.3, -0.25) is 14.6 Å². The molecule has 0 saturated heterocycles. The number of carbonyl (C=O) groups excluding carboxylic acids is 2. The van der Waals surface area contributed by atoms with Gasteiger partial charge in [-0.1, -0.05) is 13.8 Å². The zero-order valence-corrected chi connectivity index (χ0v) is 8.28. The fraction of sp³-hybridized carbons (Fsp3) is 0.400. The molecule has 4 heteroatoms. The van der Waals surface area contributed by atoms with Crippen molar-refractivity contribution >= 4 is 11.6 Å². The van der Waals surface area contributed by atoms with E-state index < -0.39 is 0 Å². The molecule has 1 heterocycles. The summed E-state index contributed by atoms with van der Waals surface area (Å²) in [7, 11) is 0. The first-order valence-electron chi connectivity index (χ1n) is 4.57. The van der Waals surface area contributed by atoms with Gasteiger partial charge < -0.3 is 0 Å². The van der Waals surface area contributed by atoms with Crippen LogP contribution in [0.15, 0.2) is 12.4 Å². The Labute approximate surface area is 82.4 Å². The van der Waals surface area contributed by atoms with Crippen molar-refractivity contribution in [3.63, 3.8) is 0 Å². The van der Waals surface area contributed by atoms with Gasteiger partial charge in [0.15, 0.2) is 11.6 Å². The Bertz CT molecular complexity index is 330. The molecule has 1 aromatic rings. The van der Waals surface area contributed by atoms with E-state index in [0.29, 0.717) is 12.8 Å². The first-order valence-corrected chi connectivity index (χ1v) is 4.57. The summed E-state index contributed by atoms with van der Waals surface area (Å²) < 4.78 is 0. The average molecular weight is 192 g/mol. The van der Waals surface area contributed by atoms with E-state index in [2.05, 4.69) is 9.97 Å². The largest absolute Gasteiger partial charge is 0.292 e. The molecule has 0 aromatic carbocycles. The summed E-state index contributed by atoms with van der Waals surface area (Å²) in [6.45, 7) is 3.50. The number of rotatable bonds is 4. The predicted octanol–water partition coefficient (Wildman–Crippen LogP) is 1.66. The van der Waals surface area contributed by atoms with Gasteiger partial charge in [0.1, 0.15) is 11.4 Å². The second-order valence-corrected chi connectivity index (χ2v) is 2.84. The van der Waals surface area contributed by atoms with Crippen LogP contribution < -0.4 is 0 Å². The lowest BCUT2D eigenvalue weighted by Crippen LogP contribution is -2.07. The lowest BCUT2D eigenvalue weighted by molar-refractivity contribution is 0.0978. The molecule has 0 fully saturated rings. The van der Waals surface area contributed by atoms with Crippen molar-refractivity contribution in [3.05, 3.63) is 23.8 Å². The molecule has 0 saturated carbocycles. The van der Waals surface area contributed by atoms with Crippen LogP contribution in [0.25, 0.3) is 0 Å². The highest BCUT2D eigenvalue weighted by atomic mass is 16.1. The third-order valence-corrected chi connectivity index (χ3v) is 1.85. The summed E-state index contributed by atoms with van der Waals surface area (Å²) in [5.41, 5.74) is 0.540. The maximum Gasteiger partial charge on any atom is 0.182 e. The molecular formula is C10H12N2O2. The molecule has 0 N–H and O–H groups in total. The second kappa shape index (κ2) is 4.60. The molecule has 0 aliphatic rings. The van der Waals surface area contributed by atoms with E-state index in [1.54, 1.807) is 13.8 Å². The molecule has 74 valence electrons. The second-order valence-electron chi connectivity index (χ2n) is 2.84. The number of Topliss-reactive ketones (excluding diaryl/α,β-unsaturated/α-hetero) is 2. The molecule has 0 radical (unpaired) electrons. The van der Waals surface area contributed by atoms with Crippen LogP contribution in [0.1, 0.15) is 47.7 Å². The molecule has 14 heavy (non-hydrogen) atoms. The van der Waals surface area contributed by atoms with Crippen LogP contribution in [0.4, 0.5) is 0 Å². The summed E-state index contributed by atoms with van der Waals surface area (Å²) in [5, 5.41) is 0. The third-order valence-electron chi connectivity index (χ3n) is 1.85. The minimum absolute atomic E-state index is 0.0942. The van der Waals surface area contributed by atoms with Gasteiger partial charge in [-0.25, -0.2) is 4.98 Å². The molecule has 0 bridgehead atoms. The number of carbonyl (C=O) groups is 2. The molecule has 1 aromatic heterocycles. The number of aromatic nitrogens is 2. The normalized spacial score (nSPS) is 9.86. The number of nitrogens with zero attached hydrogens (tertiary/aromatic N) is 2. The summed E-state index contributed by atoms with van der Waals surface area (Å²) in [4.78, 5) is 30.3. The van der Waals surface area contributed by atoms with Crippen LogP contribution >= 0.6 is 0 Å². The van der Waals surface area contributed by atoms with Crippen LogP contribution in [0.2, 0.25) is 0 Å². The minimum Gasteiger partial charge on any atom is -0.292 e. The van der Waals surface area contributed by atoms with Gasteiger partial charge in [-0.05, 0) is 0 Å². The standard InChI is InChI=1S/C10H12N2O2/c1-3-9(13)7-5-11-6-8(12-7)10(14)4-2/h5-6H,3-4H2,1-2H3. The van der Waals surface area contributed by atoms with Gasteiger partial charge in [-0.15, -0.1) is 0 Å². The molecule has 0 unspecified atom stereocenters. The van der Waals surface area contributed by atoms with E-state index in [1.165, 1.54) is 12.4 Å². The quantitative estimate of drug-likeness (QED) is 0.681. The van der Waals surface area contributed by atoms with Crippen molar-refractivity contribution in [2.45, 2.75) is 26.7 Å². The van der Waals surface area contributed by atoms with E-state index >= 15 is 0 Å². The first-order chi connectivity index (χ1) is 6.69. The van der Waals surface area contributed by atoms with Gasteiger partial charge in [0.05, 0.1) is 12.4 Å². The maximum absolute atomic E-state index is 11.3. The molecule has 0 spiro atoms. The highest BCUT2D eigenvalue weighted by Crippen LogP contribution is 2.02. The molecule has 0 atom stereocenters.